The van der Waals surface area contributed by atoms with Crippen molar-refractivity contribution >= 4 is 11.3 Å². The number of nitrogens with zero attached hydrogens (tertiary/aromatic N) is 3. The number of benzene rings is 1. The lowest BCUT2D eigenvalue weighted by atomic mass is 10.0. The minimum atomic E-state index is 0.579. The molecule has 0 fully saturated rings. The number of oxazole rings is 1. The molecule has 4 aromatic rings. The Morgan fingerprint density at radius 3 is 2.82 bits per heavy atom. The number of thiazole rings is 1. The van der Waals surface area contributed by atoms with Gasteiger partial charge in [0.1, 0.15) is 11.5 Å². The summed E-state index contributed by atoms with van der Waals surface area (Å²) in [4.78, 5) is 8.77. The molecular weight excluding hydrogens is 370 g/mol. The highest BCUT2D eigenvalue weighted by molar-refractivity contribution is 7.12. The standard InChI is InChI=1S/C22H23N3O2S/c1-15-13-25(22-23-8-10-28-22)14-19(15)11-18-5-4-6-20(12-18)26-9-7-21-16(2)27-17(3)24-21/h4-6,8,10,12-14H,7,9,11H2,1-3H3. The lowest BCUT2D eigenvalue weighted by molar-refractivity contribution is 0.319. The van der Waals surface area contributed by atoms with Crippen LogP contribution in [-0.4, -0.2) is 21.1 Å². The first-order chi connectivity index (χ1) is 13.6. The second kappa shape index (κ2) is 8.02. The van der Waals surface area contributed by atoms with E-state index < -0.39 is 0 Å². The van der Waals surface area contributed by atoms with E-state index in [0.717, 1.165) is 35.2 Å². The maximum Gasteiger partial charge on any atom is 0.193 e. The minimum absolute atomic E-state index is 0.579. The molecular formula is C22H23N3O2S. The molecule has 0 aliphatic carbocycles. The summed E-state index contributed by atoms with van der Waals surface area (Å²) in [6, 6.07) is 8.29. The van der Waals surface area contributed by atoms with Crippen LogP contribution in [0.2, 0.25) is 0 Å². The summed E-state index contributed by atoms with van der Waals surface area (Å²) in [7, 11) is 0. The number of hydrogen-bond acceptors (Lipinski definition) is 5. The Balaban J connectivity index is 1.40. The van der Waals surface area contributed by atoms with E-state index in [1.54, 1.807) is 11.3 Å². The van der Waals surface area contributed by atoms with Gasteiger partial charge >= 0.3 is 0 Å². The molecule has 5 nitrogen and oxygen atoms in total. The number of ether oxygens (including phenoxy) is 1. The molecule has 0 unspecified atom stereocenters. The molecule has 0 aliphatic heterocycles. The van der Waals surface area contributed by atoms with Crippen molar-refractivity contribution in [2.75, 3.05) is 6.61 Å². The molecule has 6 heteroatoms. The van der Waals surface area contributed by atoms with Crippen molar-refractivity contribution in [3.05, 3.63) is 82.3 Å². The van der Waals surface area contributed by atoms with Crippen LogP contribution in [0, 0.1) is 20.8 Å². The van der Waals surface area contributed by atoms with Gasteiger partial charge in [0.05, 0.1) is 12.3 Å². The van der Waals surface area contributed by atoms with Crippen LogP contribution in [0.25, 0.3) is 5.13 Å². The molecule has 3 heterocycles. The number of rotatable bonds is 7. The quantitative estimate of drug-likeness (QED) is 0.440. The molecule has 0 saturated heterocycles. The van der Waals surface area contributed by atoms with E-state index in [-0.39, 0.29) is 0 Å². The zero-order chi connectivity index (χ0) is 19.5. The molecule has 0 bridgehead atoms. The van der Waals surface area contributed by atoms with Gasteiger partial charge in [-0.2, -0.15) is 0 Å². The predicted octanol–water partition coefficient (Wildman–Crippen LogP) is 5.06. The summed E-state index contributed by atoms with van der Waals surface area (Å²) in [6.07, 6.45) is 7.73. The van der Waals surface area contributed by atoms with E-state index in [9.17, 15) is 0 Å². The van der Waals surface area contributed by atoms with Crippen LogP contribution in [0.3, 0.4) is 0 Å². The van der Waals surface area contributed by atoms with E-state index in [2.05, 4.69) is 46.0 Å². The van der Waals surface area contributed by atoms with E-state index in [4.69, 9.17) is 9.15 Å². The average molecular weight is 394 g/mol. The highest BCUT2D eigenvalue weighted by Crippen LogP contribution is 2.22. The Kier molecular flexibility index (Phi) is 5.30. The van der Waals surface area contributed by atoms with Gasteiger partial charge in [-0.1, -0.05) is 12.1 Å². The molecule has 1 aromatic carbocycles. The third-order valence-corrected chi connectivity index (χ3v) is 5.46. The van der Waals surface area contributed by atoms with Crippen LogP contribution in [0.15, 0.2) is 52.7 Å². The van der Waals surface area contributed by atoms with Gasteiger partial charge in [0.25, 0.3) is 0 Å². The Bertz CT molecular complexity index is 1060. The van der Waals surface area contributed by atoms with Crippen molar-refractivity contribution in [3.63, 3.8) is 0 Å². The summed E-state index contributed by atoms with van der Waals surface area (Å²) in [6.45, 7) is 6.53. The van der Waals surface area contributed by atoms with Crippen LogP contribution >= 0.6 is 11.3 Å². The van der Waals surface area contributed by atoms with Crippen LogP contribution in [0.1, 0.15) is 34.0 Å². The Hall–Kier alpha value is -2.86. The Labute approximate surface area is 168 Å². The van der Waals surface area contributed by atoms with E-state index >= 15 is 0 Å². The summed E-state index contributed by atoms with van der Waals surface area (Å²) in [5.41, 5.74) is 4.75. The van der Waals surface area contributed by atoms with Crippen molar-refractivity contribution in [1.82, 2.24) is 14.5 Å². The van der Waals surface area contributed by atoms with E-state index in [0.29, 0.717) is 12.5 Å². The predicted molar refractivity (Wildman–Crippen MR) is 111 cm³/mol. The molecule has 3 aromatic heterocycles. The molecule has 0 spiro atoms. The minimum Gasteiger partial charge on any atom is -0.493 e. The third kappa shape index (κ3) is 4.17. The van der Waals surface area contributed by atoms with E-state index in [1.807, 2.05) is 37.6 Å². The Morgan fingerprint density at radius 1 is 1.18 bits per heavy atom. The summed E-state index contributed by atoms with van der Waals surface area (Å²) in [5.74, 6) is 2.46. The first kappa shape index (κ1) is 18.5. The monoisotopic (exact) mass is 393 g/mol. The number of aryl methyl sites for hydroxylation is 3. The van der Waals surface area contributed by atoms with Gasteiger partial charge in [0, 0.05) is 37.3 Å². The van der Waals surface area contributed by atoms with Crippen LogP contribution < -0.4 is 4.74 Å². The zero-order valence-electron chi connectivity index (χ0n) is 16.3. The van der Waals surface area contributed by atoms with Gasteiger partial charge in [-0.15, -0.1) is 11.3 Å². The highest BCUT2D eigenvalue weighted by Gasteiger charge is 2.09. The summed E-state index contributed by atoms with van der Waals surface area (Å²) >= 11 is 1.64. The maximum atomic E-state index is 5.95. The van der Waals surface area contributed by atoms with Gasteiger partial charge < -0.3 is 9.15 Å². The lowest BCUT2D eigenvalue weighted by Gasteiger charge is -2.08. The smallest absolute Gasteiger partial charge is 0.193 e. The first-order valence-electron chi connectivity index (χ1n) is 9.30. The fourth-order valence-corrected chi connectivity index (χ4v) is 3.86. The van der Waals surface area contributed by atoms with Crippen molar-refractivity contribution < 1.29 is 9.15 Å². The normalized spacial score (nSPS) is 11.1. The highest BCUT2D eigenvalue weighted by atomic mass is 32.1. The van der Waals surface area contributed by atoms with Crippen molar-refractivity contribution in [3.8, 4) is 10.9 Å². The zero-order valence-corrected chi connectivity index (χ0v) is 17.1. The molecule has 28 heavy (non-hydrogen) atoms. The van der Waals surface area contributed by atoms with Gasteiger partial charge in [-0.05, 0) is 49.1 Å². The summed E-state index contributed by atoms with van der Waals surface area (Å²) < 4.78 is 13.5. The largest absolute Gasteiger partial charge is 0.493 e. The number of hydrogen-bond donors (Lipinski definition) is 0. The molecule has 0 saturated carbocycles. The number of aromatic nitrogens is 3. The Morgan fingerprint density at radius 2 is 2.07 bits per heavy atom. The molecule has 144 valence electrons. The molecule has 0 radical (unpaired) electrons. The second-order valence-corrected chi connectivity index (χ2v) is 7.72. The summed E-state index contributed by atoms with van der Waals surface area (Å²) in [5, 5.41) is 2.98. The van der Waals surface area contributed by atoms with Crippen molar-refractivity contribution in [1.29, 1.82) is 0 Å². The molecule has 0 atom stereocenters. The van der Waals surface area contributed by atoms with Gasteiger partial charge in [-0.3, -0.25) is 4.57 Å². The van der Waals surface area contributed by atoms with Gasteiger partial charge in [0.15, 0.2) is 11.0 Å². The molecule has 0 amide bonds. The maximum absolute atomic E-state index is 5.95. The van der Waals surface area contributed by atoms with Crippen molar-refractivity contribution in [2.24, 2.45) is 0 Å². The lowest BCUT2D eigenvalue weighted by Crippen LogP contribution is -2.03. The second-order valence-electron chi connectivity index (χ2n) is 6.85. The van der Waals surface area contributed by atoms with Crippen LogP contribution in [-0.2, 0) is 12.8 Å². The van der Waals surface area contributed by atoms with Crippen molar-refractivity contribution in [2.45, 2.75) is 33.6 Å². The van der Waals surface area contributed by atoms with Crippen LogP contribution in [0.5, 0.6) is 5.75 Å². The first-order valence-corrected chi connectivity index (χ1v) is 10.2. The molecule has 0 aliphatic rings. The fraction of sp³-hybridized carbons (Fsp3) is 0.273. The van der Waals surface area contributed by atoms with Gasteiger partial charge in [0.2, 0.25) is 0 Å². The fourth-order valence-electron chi connectivity index (χ4n) is 3.27. The SMILES string of the molecule is Cc1nc(CCOc2cccc(Cc3cn(-c4nccs4)cc3C)c2)c(C)o1. The topological polar surface area (TPSA) is 53.1 Å². The average Bonchev–Trinajstić information content (AvgIpc) is 3.38. The van der Waals surface area contributed by atoms with Gasteiger partial charge in [-0.25, -0.2) is 9.97 Å². The van der Waals surface area contributed by atoms with E-state index in [1.165, 1.54) is 16.7 Å². The van der Waals surface area contributed by atoms with Crippen LogP contribution in [0.4, 0.5) is 0 Å². The third-order valence-electron chi connectivity index (χ3n) is 4.67. The molecule has 0 N–H and O–H groups in total. The molecule has 4 rings (SSSR count).